The molecular weight excluding hydrogens is 244 g/mol. The third kappa shape index (κ3) is 3.99. The number of nitrogens with one attached hydrogen (secondary N) is 2. The summed E-state index contributed by atoms with van der Waals surface area (Å²) in [5.41, 5.74) is -1.19. The van der Waals surface area contributed by atoms with Gasteiger partial charge in [0.05, 0.1) is 12.8 Å². The molecule has 5 nitrogen and oxygen atoms in total. The zero-order chi connectivity index (χ0) is 13.7. The number of amides is 2. The SMILES string of the molecule is CC(O)(CNC(=O)NC1CCCCC1)c1ccco1. The van der Waals surface area contributed by atoms with Crippen molar-refractivity contribution in [3.63, 3.8) is 0 Å². The summed E-state index contributed by atoms with van der Waals surface area (Å²) in [6, 6.07) is 3.45. The molecule has 106 valence electrons. The Kier molecular flexibility index (Phi) is 4.47. The fraction of sp³-hybridized carbons (Fsp3) is 0.643. The van der Waals surface area contributed by atoms with Crippen LogP contribution in [0.1, 0.15) is 44.8 Å². The smallest absolute Gasteiger partial charge is 0.315 e. The maximum absolute atomic E-state index is 11.8. The van der Waals surface area contributed by atoms with Gasteiger partial charge in [-0.15, -0.1) is 0 Å². The van der Waals surface area contributed by atoms with Crippen LogP contribution < -0.4 is 10.6 Å². The highest BCUT2D eigenvalue weighted by atomic mass is 16.4. The molecule has 2 rings (SSSR count). The topological polar surface area (TPSA) is 74.5 Å². The van der Waals surface area contributed by atoms with Crippen molar-refractivity contribution in [2.24, 2.45) is 0 Å². The van der Waals surface area contributed by atoms with E-state index in [9.17, 15) is 9.90 Å². The fourth-order valence-corrected chi connectivity index (χ4v) is 2.41. The molecule has 0 bridgehead atoms. The van der Waals surface area contributed by atoms with Gasteiger partial charge in [-0.1, -0.05) is 19.3 Å². The quantitative estimate of drug-likeness (QED) is 0.781. The summed E-state index contributed by atoms with van der Waals surface area (Å²) in [5, 5.41) is 15.8. The van der Waals surface area contributed by atoms with Crippen LogP contribution in [0.15, 0.2) is 22.8 Å². The molecule has 5 heteroatoms. The molecule has 1 aromatic heterocycles. The zero-order valence-corrected chi connectivity index (χ0v) is 11.3. The van der Waals surface area contributed by atoms with Gasteiger partial charge in [0.2, 0.25) is 0 Å². The maximum atomic E-state index is 11.8. The van der Waals surface area contributed by atoms with Gasteiger partial charge in [-0.25, -0.2) is 4.79 Å². The lowest BCUT2D eigenvalue weighted by Crippen LogP contribution is -2.47. The maximum Gasteiger partial charge on any atom is 0.315 e. The lowest BCUT2D eigenvalue weighted by atomic mass is 9.96. The highest BCUT2D eigenvalue weighted by Crippen LogP contribution is 2.20. The van der Waals surface area contributed by atoms with Crippen LogP contribution >= 0.6 is 0 Å². The molecule has 0 spiro atoms. The van der Waals surface area contributed by atoms with E-state index in [2.05, 4.69) is 10.6 Å². The molecule has 19 heavy (non-hydrogen) atoms. The summed E-state index contributed by atoms with van der Waals surface area (Å²) in [6.07, 6.45) is 7.20. The first-order valence-electron chi connectivity index (χ1n) is 6.89. The Morgan fingerprint density at radius 3 is 2.84 bits per heavy atom. The number of carbonyl (C=O) groups excluding carboxylic acids is 1. The monoisotopic (exact) mass is 266 g/mol. The second-order valence-corrected chi connectivity index (χ2v) is 5.41. The first kappa shape index (κ1) is 13.9. The predicted octanol–water partition coefficient (Wildman–Crippen LogP) is 2.12. The Balaban J connectivity index is 1.76. The molecule has 1 atom stereocenters. The fourth-order valence-electron chi connectivity index (χ4n) is 2.41. The summed E-state index contributed by atoms with van der Waals surface area (Å²) < 4.78 is 5.16. The van der Waals surface area contributed by atoms with Crippen molar-refractivity contribution in [2.75, 3.05) is 6.54 Å². The molecule has 2 amide bonds. The largest absolute Gasteiger partial charge is 0.466 e. The Bertz CT molecular complexity index is 395. The summed E-state index contributed by atoms with van der Waals surface area (Å²) in [4.78, 5) is 11.8. The van der Waals surface area contributed by atoms with Crippen LogP contribution in [0.3, 0.4) is 0 Å². The van der Waals surface area contributed by atoms with Gasteiger partial charge < -0.3 is 20.2 Å². The minimum atomic E-state index is -1.19. The summed E-state index contributed by atoms with van der Waals surface area (Å²) in [6.45, 7) is 1.74. The van der Waals surface area contributed by atoms with Gasteiger partial charge in [0, 0.05) is 6.04 Å². The van der Waals surface area contributed by atoms with E-state index in [0.717, 1.165) is 12.8 Å². The predicted molar refractivity (Wildman–Crippen MR) is 71.7 cm³/mol. The van der Waals surface area contributed by atoms with Crippen molar-refractivity contribution in [3.8, 4) is 0 Å². The van der Waals surface area contributed by atoms with E-state index < -0.39 is 5.60 Å². The van der Waals surface area contributed by atoms with Gasteiger partial charge in [-0.3, -0.25) is 0 Å². The highest BCUT2D eigenvalue weighted by Gasteiger charge is 2.27. The van der Waals surface area contributed by atoms with Gasteiger partial charge in [0.1, 0.15) is 11.4 Å². The lowest BCUT2D eigenvalue weighted by molar-refractivity contribution is 0.0366. The molecule has 3 N–H and O–H groups in total. The Morgan fingerprint density at radius 2 is 2.21 bits per heavy atom. The first-order chi connectivity index (χ1) is 9.08. The summed E-state index contributed by atoms with van der Waals surface area (Å²) >= 11 is 0. The molecule has 0 radical (unpaired) electrons. The van der Waals surface area contributed by atoms with Crippen molar-refractivity contribution < 1.29 is 14.3 Å². The molecule has 0 aliphatic heterocycles. The van der Waals surface area contributed by atoms with E-state index in [0.29, 0.717) is 5.76 Å². The average molecular weight is 266 g/mol. The molecule has 1 heterocycles. The van der Waals surface area contributed by atoms with Gasteiger partial charge in [0.15, 0.2) is 0 Å². The van der Waals surface area contributed by atoms with Crippen LogP contribution in [0.5, 0.6) is 0 Å². The van der Waals surface area contributed by atoms with Crippen molar-refractivity contribution in [1.82, 2.24) is 10.6 Å². The second kappa shape index (κ2) is 6.10. The average Bonchev–Trinajstić information content (AvgIpc) is 2.92. The number of furan rings is 1. The van der Waals surface area contributed by atoms with E-state index in [1.54, 1.807) is 19.1 Å². The minimum absolute atomic E-state index is 0.124. The van der Waals surface area contributed by atoms with Crippen molar-refractivity contribution >= 4 is 6.03 Å². The minimum Gasteiger partial charge on any atom is -0.466 e. The second-order valence-electron chi connectivity index (χ2n) is 5.41. The number of hydrogen-bond donors (Lipinski definition) is 3. The van der Waals surface area contributed by atoms with Crippen LogP contribution in [-0.2, 0) is 5.60 Å². The molecule has 0 aromatic carbocycles. The van der Waals surface area contributed by atoms with Gasteiger partial charge in [-0.05, 0) is 31.9 Å². The van der Waals surface area contributed by atoms with Crippen molar-refractivity contribution in [1.29, 1.82) is 0 Å². The lowest BCUT2D eigenvalue weighted by Gasteiger charge is -2.25. The Labute approximate surface area is 113 Å². The van der Waals surface area contributed by atoms with Crippen LogP contribution in [-0.4, -0.2) is 23.7 Å². The number of urea groups is 1. The van der Waals surface area contributed by atoms with Crippen LogP contribution in [0.2, 0.25) is 0 Å². The van der Waals surface area contributed by atoms with E-state index in [4.69, 9.17) is 4.42 Å². The normalized spacial score (nSPS) is 19.7. The highest BCUT2D eigenvalue weighted by molar-refractivity contribution is 5.74. The first-order valence-corrected chi connectivity index (χ1v) is 6.89. The van der Waals surface area contributed by atoms with E-state index >= 15 is 0 Å². The third-order valence-electron chi connectivity index (χ3n) is 3.59. The van der Waals surface area contributed by atoms with Gasteiger partial charge >= 0.3 is 6.03 Å². The number of hydrogen-bond acceptors (Lipinski definition) is 3. The summed E-state index contributed by atoms with van der Waals surface area (Å²) in [7, 11) is 0. The van der Waals surface area contributed by atoms with Gasteiger partial charge in [0.25, 0.3) is 0 Å². The summed E-state index contributed by atoms with van der Waals surface area (Å²) in [5.74, 6) is 0.450. The van der Waals surface area contributed by atoms with E-state index in [-0.39, 0.29) is 18.6 Å². The molecule has 0 saturated heterocycles. The van der Waals surface area contributed by atoms with Gasteiger partial charge in [-0.2, -0.15) is 0 Å². The van der Waals surface area contributed by atoms with Crippen LogP contribution in [0.25, 0.3) is 0 Å². The molecule has 1 aliphatic carbocycles. The van der Waals surface area contributed by atoms with Crippen molar-refractivity contribution in [3.05, 3.63) is 24.2 Å². The molecular formula is C14H22N2O3. The standard InChI is InChI=1S/C14H22N2O3/c1-14(18,12-8-5-9-19-12)10-15-13(17)16-11-6-3-2-4-7-11/h5,8-9,11,18H,2-4,6-7,10H2,1H3,(H2,15,16,17). The number of aliphatic hydroxyl groups is 1. The Morgan fingerprint density at radius 1 is 1.47 bits per heavy atom. The molecule has 1 saturated carbocycles. The van der Waals surface area contributed by atoms with E-state index in [1.807, 2.05) is 0 Å². The molecule has 1 aromatic rings. The molecule has 1 fully saturated rings. The Hall–Kier alpha value is -1.49. The van der Waals surface area contributed by atoms with Crippen molar-refractivity contribution in [2.45, 2.75) is 50.7 Å². The number of carbonyl (C=O) groups is 1. The number of rotatable bonds is 4. The molecule has 1 unspecified atom stereocenters. The van der Waals surface area contributed by atoms with Crippen LogP contribution in [0, 0.1) is 0 Å². The van der Waals surface area contributed by atoms with Crippen LogP contribution in [0.4, 0.5) is 4.79 Å². The third-order valence-corrected chi connectivity index (χ3v) is 3.59. The zero-order valence-electron chi connectivity index (χ0n) is 11.3. The molecule has 1 aliphatic rings. The van der Waals surface area contributed by atoms with E-state index in [1.165, 1.54) is 25.5 Å².